The molecule has 0 unspecified atom stereocenters. The van der Waals surface area contributed by atoms with E-state index in [9.17, 15) is 11.0 Å². The van der Waals surface area contributed by atoms with Gasteiger partial charge in [0.2, 0.25) is 5.89 Å². The number of para-hydroxylation sites is 2. The minimum atomic E-state index is -0.850. The highest BCUT2D eigenvalue weighted by molar-refractivity contribution is 7.26. The molecule has 0 amide bonds. The number of oxazole rings is 1. The van der Waals surface area contributed by atoms with E-state index >= 15 is 0 Å². The second kappa shape index (κ2) is 14.5. The first-order chi connectivity index (χ1) is 37.7. The number of nitrogens with zero attached hydrogens (tertiary/aromatic N) is 2. The Morgan fingerprint density at radius 3 is 1.72 bits per heavy atom. The summed E-state index contributed by atoms with van der Waals surface area (Å²) in [6, 6.07) is 19.7. The van der Waals surface area contributed by atoms with Gasteiger partial charge in [0.15, 0.2) is 5.58 Å². The topological polar surface area (TPSA) is 29.3 Å². The van der Waals surface area contributed by atoms with E-state index in [0.29, 0.717) is 32.3 Å². The maximum atomic E-state index is 9.76. The molecule has 0 saturated carbocycles. The number of anilines is 3. The van der Waals surface area contributed by atoms with Crippen LogP contribution in [0.25, 0.3) is 97.7 Å². The smallest absolute Gasteiger partial charge is 0.227 e. The average Bonchev–Trinajstić information content (AvgIpc) is 4.32. The van der Waals surface area contributed by atoms with Crippen molar-refractivity contribution in [3.05, 3.63) is 218 Å². The maximum Gasteiger partial charge on any atom is 0.227 e. The van der Waals surface area contributed by atoms with Crippen molar-refractivity contribution in [3.63, 3.8) is 0 Å². The third kappa shape index (κ3) is 6.07. The van der Waals surface area contributed by atoms with Crippen LogP contribution < -0.4 is 4.90 Å². The molecule has 12 aromatic rings. The Labute approximate surface area is 382 Å². The number of rotatable bonds is 7. The minimum absolute atomic E-state index is 0.0774. The minimum Gasteiger partial charge on any atom is -0.436 e. The highest BCUT2D eigenvalue weighted by Gasteiger charge is 2.22. The molecule has 0 radical (unpaired) electrons. The lowest BCUT2D eigenvalue weighted by Crippen LogP contribution is -2.10. The van der Waals surface area contributed by atoms with Crippen molar-refractivity contribution < 1.29 is 29.1 Å². The summed E-state index contributed by atoms with van der Waals surface area (Å²) in [5.74, 6) is 0.462. The molecule has 10 aromatic carbocycles. The Balaban J connectivity index is 1.16. The van der Waals surface area contributed by atoms with E-state index in [1.165, 1.54) is 11.3 Å². The predicted octanol–water partition coefficient (Wildman–Crippen LogP) is 16.6. The molecule has 0 aliphatic rings. The summed E-state index contributed by atoms with van der Waals surface area (Å²) in [4.78, 5) is 5.88. The van der Waals surface area contributed by atoms with Gasteiger partial charge in [0.25, 0.3) is 0 Å². The van der Waals surface area contributed by atoms with Crippen molar-refractivity contribution in [1.29, 1.82) is 0 Å². The van der Waals surface area contributed by atoms with Crippen molar-refractivity contribution in [2.24, 2.45) is 0 Å². The molecule has 0 saturated heterocycles. The lowest BCUT2D eigenvalue weighted by Gasteiger charge is -2.27. The second-order valence-electron chi connectivity index (χ2n) is 14.1. The van der Waals surface area contributed by atoms with Crippen molar-refractivity contribution >= 4 is 81.2 Å². The van der Waals surface area contributed by atoms with Crippen LogP contribution in [0.15, 0.2) is 222 Å². The number of benzene rings is 10. The van der Waals surface area contributed by atoms with Crippen LogP contribution in [0, 0.1) is 0 Å². The molecule has 2 heterocycles. The van der Waals surface area contributed by atoms with E-state index in [0.717, 1.165) is 48.0 Å². The van der Waals surface area contributed by atoms with Crippen LogP contribution in [0.4, 0.5) is 17.1 Å². The average molecular weight is 815 g/mol. The second-order valence-corrected chi connectivity index (χ2v) is 15.2. The molecule has 0 atom stereocenters. The van der Waals surface area contributed by atoms with Gasteiger partial charge in [-0.25, -0.2) is 4.98 Å². The van der Waals surface area contributed by atoms with Crippen LogP contribution in [0.3, 0.4) is 0 Å². The van der Waals surface area contributed by atoms with Crippen LogP contribution in [-0.2, 0) is 0 Å². The van der Waals surface area contributed by atoms with E-state index < -0.39 is 142 Å². The predicted molar refractivity (Wildman–Crippen MR) is 258 cm³/mol. The zero-order valence-electron chi connectivity index (χ0n) is 49.6. The van der Waals surface area contributed by atoms with Crippen LogP contribution in [0.5, 0.6) is 0 Å². The Morgan fingerprint density at radius 1 is 0.475 bits per heavy atom. The monoisotopic (exact) mass is 814 g/mol. The maximum absolute atomic E-state index is 9.76. The van der Waals surface area contributed by atoms with Gasteiger partial charge >= 0.3 is 0 Å². The molecule has 0 aliphatic carbocycles. The fraction of sp³-hybridized carbons (Fsp3) is 0. The Kier molecular flexibility index (Phi) is 5.10. The Bertz CT molecular complexity index is 4400. The van der Waals surface area contributed by atoms with Crippen molar-refractivity contribution in [1.82, 2.24) is 4.98 Å². The van der Waals surface area contributed by atoms with Crippen LogP contribution in [0.1, 0.15) is 24.7 Å². The highest BCUT2D eigenvalue weighted by Crippen LogP contribution is 2.49. The van der Waals surface area contributed by atoms with Gasteiger partial charge in [-0.2, -0.15) is 0 Å². The SMILES string of the molecule is [2H]c1c([2H])c([2H])c(-c2c([2H])c([2H])c(N(c3c([2H])c([2H])c(-c4c([2H])c([2H])c([2H])c([2H])c4[2H])c([2H])c3[2H])c3cc4ccccc4c4sc5cc(-c6ccc(-c7nc8ccccc8o7)c7ccccc67)ccc5c34)c([2H])c2[2H])c([2H])c1[2H]. The molecule has 0 spiro atoms. The fourth-order valence-electron chi connectivity index (χ4n) is 7.85. The molecular weight excluding hydrogens is 761 g/mol. The highest BCUT2D eigenvalue weighted by atomic mass is 32.1. The van der Waals surface area contributed by atoms with E-state index in [4.69, 9.17) is 23.1 Å². The molecule has 4 heteroatoms. The largest absolute Gasteiger partial charge is 0.436 e. The molecule has 3 nitrogen and oxygen atoms in total. The van der Waals surface area contributed by atoms with E-state index in [2.05, 4.69) is 0 Å². The van der Waals surface area contributed by atoms with Crippen LogP contribution >= 0.6 is 11.3 Å². The summed E-state index contributed by atoms with van der Waals surface area (Å²) in [5.41, 5.74) is 0.299. The van der Waals surface area contributed by atoms with Gasteiger partial charge in [0.1, 0.15) is 5.52 Å². The van der Waals surface area contributed by atoms with E-state index in [1.807, 2.05) is 91.0 Å². The Hall–Kier alpha value is -7.79. The number of aromatic nitrogens is 1. The normalized spacial score (nSPS) is 15.7. The Morgan fingerprint density at radius 2 is 1.05 bits per heavy atom. The molecule has 0 N–H and O–H groups in total. The van der Waals surface area contributed by atoms with Crippen LogP contribution in [0.2, 0.25) is 0 Å². The molecule has 0 fully saturated rings. The third-order valence-corrected chi connectivity index (χ3v) is 11.8. The molecule has 286 valence electrons. The number of fused-ring (bicyclic) bond motifs is 7. The summed E-state index contributed by atoms with van der Waals surface area (Å²) in [6.45, 7) is 0. The summed E-state index contributed by atoms with van der Waals surface area (Å²) < 4.78 is 169. The van der Waals surface area contributed by atoms with Gasteiger partial charge in [-0.05, 0) is 109 Å². The zero-order chi connectivity index (χ0) is 55.9. The zero-order valence-corrected chi connectivity index (χ0v) is 32.4. The van der Waals surface area contributed by atoms with Crippen molar-refractivity contribution in [2.75, 3.05) is 4.90 Å². The molecule has 0 aliphatic heterocycles. The first kappa shape index (κ1) is 21.5. The molecule has 12 rings (SSSR count). The third-order valence-electron chi connectivity index (χ3n) is 10.6. The molecule has 61 heavy (non-hydrogen) atoms. The first-order valence-electron chi connectivity index (χ1n) is 28.1. The summed E-state index contributed by atoms with van der Waals surface area (Å²) in [7, 11) is 0. The number of hydrogen-bond donors (Lipinski definition) is 0. The standard InChI is InChI=1S/C57H36N2OS/c1-3-13-37(14-4-1)39-23-28-43(29-24-39)59(44-30-25-40(26-31-44)38-15-5-2-6-16-38)52-35-41-17-7-8-18-46(41)56-55(52)50-32-27-42(36-54(50)61-56)45-33-34-49(48-20-10-9-19-47(45)48)57-58-51-21-11-12-22-53(51)60-57/h1-36H/i1D,2D,3D,4D,5D,6D,13D,14D,15D,16D,23D,24D,25D,26D,28D,29D,30D,31D. The molecular formula is C57H36N2OS. The quantitative estimate of drug-likeness (QED) is 0.160. The van der Waals surface area contributed by atoms with E-state index in [1.54, 1.807) is 18.2 Å². The number of hydrogen-bond acceptors (Lipinski definition) is 4. The summed E-state index contributed by atoms with van der Waals surface area (Å²) in [5, 5.41) is 4.19. The van der Waals surface area contributed by atoms with Crippen molar-refractivity contribution in [2.45, 2.75) is 0 Å². The van der Waals surface area contributed by atoms with Gasteiger partial charge in [0.05, 0.1) is 30.4 Å². The van der Waals surface area contributed by atoms with Gasteiger partial charge < -0.3 is 9.32 Å². The van der Waals surface area contributed by atoms with E-state index in [-0.39, 0.29) is 5.69 Å². The number of thiophene rings is 1. The van der Waals surface area contributed by atoms with Crippen molar-refractivity contribution in [3.8, 4) is 44.8 Å². The van der Waals surface area contributed by atoms with Gasteiger partial charge in [-0.1, -0.05) is 163 Å². The summed E-state index contributed by atoms with van der Waals surface area (Å²) in [6.07, 6.45) is 0. The molecule has 0 bridgehead atoms. The lowest BCUT2D eigenvalue weighted by atomic mass is 9.94. The first-order valence-corrected chi connectivity index (χ1v) is 20.0. The lowest BCUT2D eigenvalue weighted by molar-refractivity contribution is 0.620. The fourth-order valence-corrected chi connectivity index (χ4v) is 9.14. The van der Waals surface area contributed by atoms with Crippen LogP contribution in [-0.4, -0.2) is 4.98 Å². The van der Waals surface area contributed by atoms with Gasteiger partial charge in [0, 0.05) is 37.1 Å². The van der Waals surface area contributed by atoms with Gasteiger partial charge in [-0.15, -0.1) is 11.3 Å². The summed E-state index contributed by atoms with van der Waals surface area (Å²) >= 11 is 1.40. The molecule has 2 aromatic heterocycles. The van der Waals surface area contributed by atoms with Gasteiger partial charge in [-0.3, -0.25) is 0 Å².